The molecule has 0 amide bonds. The summed E-state index contributed by atoms with van der Waals surface area (Å²) in [6.07, 6.45) is 2.78. The normalized spacial score (nSPS) is 10.6. The van der Waals surface area contributed by atoms with Gasteiger partial charge in [-0.05, 0) is 36.2 Å². The van der Waals surface area contributed by atoms with E-state index in [0.717, 1.165) is 35.2 Å². The molecule has 3 aromatic rings. The predicted molar refractivity (Wildman–Crippen MR) is 84.8 cm³/mol. The van der Waals surface area contributed by atoms with Crippen molar-refractivity contribution in [1.82, 2.24) is 4.98 Å². The average molecular weight is 263 g/mol. The van der Waals surface area contributed by atoms with Crippen LogP contribution in [0.25, 0.3) is 10.9 Å². The Balaban J connectivity index is 1.77. The Morgan fingerprint density at radius 3 is 2.65 bits per heavy atom. The van der Waals surface area contributed by atoms with Gasteiger partial charge >= 0.3 is 0 Å². The number of nitrogens with one attached hydrogen (secondary N) is 1. The number of pyridine rings is 1. The van der Waals surface area contributed by atoms with Crippen molar-refractivity contribution < 1.29 is 0 Å². The van der Waals surface area contributed by atoms with Crippen LogP contribution in [0, 0.1) is 0 Å². The van der Waals surface area contributed by atoms with E-state index >= 15 is 0 Å². The third-order valence-corrected chi connectivity index (χ3v) is 3.38. The number of anilines is 2. The van der Waals surface area contributed by atoms with Crippen LogP contribution in [0.4, 0.5) is 11.4 Å². The molecule has 3 N–H and O–H groups in total. The molecule has 0 atom stereocenters. The second kappa shape index (κ2) is 5.61. The molecule has 0 unspecified atom stereocenters. The molecule has 0 spiro atoms. The monoisotopic (exact) mass is 263 g/mol. The third-order valence-electron chi connectivity index (χ3n) is 3.38. The van der Waals surface area contributed by atoms with Gasteiger partial charge in [0.2, 0.25) is 0 Å². The molecule has 0 fully saturated rings. The number of aromatic nitrogens is 1. The first kappa shape index (κ1) is 12.5. The van der Waals surface area contributed by atoms with E-state index < -0.39 is 0 Å². The molecule has 1 aromatic heterocycles. The molecular weight excluding hydrogens is 246 g/mol. The molecular formula is C17H17N3. The van der Waals surface area contributed by atoms with E-state index in [4.69, 9.17) is 5.73 Å². The number of fused-ring (bicyclic) bond motifs is 1. The van der Waals surface area contributed by atoms with Crippen LogP contribution < -0.4 is 11.1 Å². The summed E-state index contributed by atoms with van der Waals surface area (Å²) < 4.78 is 0. The number of nitrogen functional groups attached to an aromatic ring is 1. The fourth-order valence-corrected chi connectivity index (χ4v) is 2.32. The standard InChI is InChI=1S/C17H17N3/c18-15-8-9-16(17-14(15)7-4-11-20-17)19-12-10-13-5-2-1-3-6-13/h1-9,11,19H,10,12,18H2. The average Bonchev–Trinajstić information content (AvgIpc) is 2.51. The molecule has 0 saturated carbocycles. The lowest BCUT2D eigenvalue weighted by atomic mass is 10.1. The summed E-state index contributed by atoms with van der Waals surface area (Å²) in [5, 5.41) is 4.44. The Hall–Kier alpha value is -2.55. The zero-order valence-electron chi connectivity index (χ0n) is 11.2. The highest BCUT2D eigenvalue weighted by atomic mass is 14.9. The molecule has 0 saturated heterocycles. The van der Waals surface area contributed by atoms with Crippen LogP contribution in [0.2, 0.25) is 0 Å². The van der Waals surface area contributed by atoms with Crippen LogP contribution in [0.1, 0.15) is 5.56 Å². The number of hydrogen-bond donors (Lipinski definition) is 2. The molecule has 3 heteroatoms. The maximum Gasteiger partial charge on any atom is 0.0953 e. The fraction of sp³-hybridized carbons (Fsp3) is 0.118. The summed E-state index contributed by atoms with van der Waals surface area (Å²) >= 11 is 0. The van der Waals surface area contributed by atoms with Gasteiger partial charge in [-0.3, -0.25) is 4.98 Å². The maximum atomic E-state index is 5.98. The highest BCUT2D eigenvalue weighted by Gasteiger charge is 2.04. The number of rotatable bonds is 4. The molecule has 3 nitrogen and oxygen atoms in total. The molecule has 0 aliphatic heterocycles. The van der Waals surface area contributed by atoms with Gasteiger partial charge in [0.25, 0.3) is 0 Å². The van der Waals surface area contributed by atoms with Crippen molar-refractivity contribution in [3.05, 3.63) is 66.4 Å². The molecule has 100 valence electrons. The van der Waals surface area contributed by atoms with Crippen LogP contribution in [0.15, 0.2) is 60.8 Å². The van der Waals surface area contributed by atoms with Gasteiger partial charge in [0.05, 0.1) is 11.2 Å². The minimum atomic E-state index is 0.765. The van der Waals surface area contributed by atoms with Crippen molar-refractivity contribution in [2.75, 3.05) is 17.6 Å². The quantitative estimate of drug-likeness (QED) is 0.709. The largest absolute Gasteiger partial charge is 0.398 e. The molecule has 3 rings (SSSR count). The first-order valence-electron chi connectivity index (χ1n) is 6.75. The van der Waals surface area contributed by atoms with Crippen molar-refractivity contribution in [2.45, 2.75) is 6.42 Å². The third kappa shape index (κ3) is 2.57. The van der Waals surface area contributed by atoms with Crippen molar-refractivity contribution in [3.8, 4) is 0 Å². The van der Waals surface area contributed by atoms with Crippen molar-refractivity contribution in [1.29, 1.82) is 0 Å². The zero-order chi connectivity index (χ0) is 13.8. The van der Waals surface area contributed by atoms with Crippen molar-refractivity contribution in [3.63, 3.8) is 0 Å². The van der Waals surface area contributed by atoms with Crippen molar-refractivity contribution in [2.24, 2.45) is 0 Å². The second-order valence-corrected chi connectivity index (χ2v) is 4.76. The lowest BCUT2D eigenvalue weighted by molar-refractivity contribution is 1.02. The maximum absolute atomic E-state index is 5.98. The summed E-state index contributed by atoms with van der Waals surface area (Å²) in [5.74, 6) is 0. The molecule has 1 heterocycles. The Morgan fingerprint density at radius 2 is 1.80 bits per heavy atom. The van der Waals surface area contributed by atoms with Crippen LogP contribution in [-0.2, 0) is 6.42 Å². The molecule has 0 radical (unpaired) electrons. The molecule has 0 aliphatic rings. The van der Waals surface area contributed by atoms with Gasteiger partial charge in [-0.15, -0.1) is 0 Å². The fourth-order valence-electron chi connectivity index (χ4n) is 2.32. The van der Waals surface area contributed by atoms with Crippen LogP contribution in [-0.4, -0.2) is 11.5 Å². The minimum Gasteiger partial charge on any atom is -0.398 e. The predicted octanol–water partition coefficient (Wildman–Crippen LogP) is 3.47. The first-order valence-corrected chi connectivity index (χ1v) is 6.75. The van der Waals surface area contributed by atoms with Crippen molar-refractivity contribution >= 4 is 22.3 Å². The Kier molecular flexibility index (Phi) is 3.50. The Morgan fingerprint density at radius 1 is 0.950 bits per heavy atom. The Labute approximate surface area is 118 Å². The molecule has 20 heavy (non-hydrogen) atoms. The van der Waals surface area contributed by atoms with Crippen LogP contribution in [0.5, 0.6) is 0 Å². The number of hydrogen-bond acceptors (Lipinski definition) is 3. The van der Waals surface area contributed by atoms with Gasteiger partial charge in [0.15, 0.2) is 0 Å². The van der Waals surface area contributed by atoms with Gasteiger partial charge in [-0.25, -0.2) is 0 Å². The lowest BCUT2D eigenvalue weighted by Crippen LogP contribution is -2.06. The molecule has 0 aliphatic carbocycles. The van der Waals surface area contributed by atoms with Crippen LogP contribution in [0.3, 0.4) is 0 Å². The molecule has 0 bridgehead atoms. The summed E-state index contributed by atoms with van der Waals surface area (Å²) in [7, 11) is 0. The smallest absolute Gasteiger partial charge is 0.0953 e. The summed E-state index contributed by atoms with van der Waals surface area (Å²) in [6, 6.07) is 18.3. The van der Waals surface area contributed by atoms with Gasteiger partial charge in [-0.1, -0.05) is 30.3 Å². The summed E-state index contributed by atoms with van der Waals surface area (Å²) in [4.78, 5) is 4.43. The number of nitrogens with two attached hydrogens (primary N) is 1. The van der Waals surface area contributed by atoms with Gasteiger partial charge in [0.1, 0.15) is 0 Å². The van der Waals surface area contributed by atoms with E-state index in [1.54, 1.807) is 6.20 Å². The van der Waals surface area contributed by atoms with E-state index in [1.165, 1.54) is 5.56 Å². The van der Waals surface area contributed by atoms with E-state index in [9.17, 15) is 0 Å². The van der Waals surface area contributed by atoms with Gasteiger partial charge in [-0.2, -0.15) is 0 Å². The highest BCUT2D eigenvalue weighted by Crippen LogP contribution is 2.26. The highest BCUT2D eigenvalue weighted by molar-refractivity contribution is 5.98. The lowest BCUT2D eigenvalue weighted by Gasteiger charge is -2.10. The number of nitrogens with zero attached hydrogens (tertiary/aromatic N) is 1. The zero-order valence-corrected chi connectivity index (χ0v) is 11.2. The summed E-state index contributed by atoms with van der Waals surface area (Å²) in [6.45, 7) is 0.875. The topological polar surface area (TPSA) is 50.9 Å². The SMILES string of the molecule is Nc1ccc(NCCc2ccccc2)c2ncccc12. The first-order chi connectivity index (χ1) is 9.84. The van der Waals surface area contributed by atoms with E-state index in [0.29, 0.717) is 0 Å². The minimum absolute atomic E-state index is 0.765. The summed E-state index contributed by atoms with van der Waals surface area (Å²) in [5.41, 5.74) is 10.0. The van der Waals surface area contributed by atoms with E-state index in [-0.39, 0.29) is 0 Å². The van der Waals surface area contributed by atoms with Gasteiger partial charge in [0, 0.05) is 23.8 Å². The van der Waals surface area contributed by atoms with Crippen LogP contribution >= 0.6 is 0 Å². The van der Waals surface area contributed by atoms with Gasteiger partial charge < -0.3 is 11.1 Å². The second-order valence-electron chi connectivity index (χ2n) is 4.76. The van der Waals surface area contributed by atoms with E-state index in [1.807, 2.05) is 30.3 Å². The molecule has 2 aromatic carbocycles. The Bertz CT molecular complexity index is 708. The number of benzene rings is 2. The van der Waals surface area contributed by atoms with E-state index in [2.05, 4.69) is 34.6 Å².